The Morgan fingerprint density at radius 3 is 2.17 bits per heavy atom. The second-order valence-corrected chi connectivity index (χ2v) is 9.73. The first-order valence-electron chi connectivity index (χ1n) is 10.5. The average molecular weight is 439 g/mol. The summed E-state index contributed by atoms with van der Waals surface area (Å²) in [5, 5.41) is 0. The molecule has 0 N–H and O–H groups in total. The van der Waals surface area contributed by atoms with Crippen LogP contribution in [0.1, 0.15) is 46.7 Å². The number of hydrogen-bond acceptors (Lipinski definition) is 0. The number of halogens is 1. The molecule has 3 aromatic carbocycles. The lowest BCUT2D eigenvalue weighted by Crippen LogP contribution is -2.28. The number of aryl methyl sites for hydroxylation is 2. The standard InChI is InChI=1S/C28H23Br/c1-16-10-12-19-20-13-11-17(2)15-24(20)28(23(19)14-16)22-8-4-6-18(3)26(22)21-7-5-9-25(29)27(21)28/h4-5,7-15,18H,6H2,1-3H3. The van der Waals surface area contributed by atoms with Crippen molar-refractivity contribution >= 4 is 21.5 Å². The summed E-state index contributed by atoms with van der Waals surface area (Å²) in [7, 11) is 0. The molecule has 29 heavy (non-hydrogen) atoms. The Morgan fingerprint density at radius 1 is 0.862 bits per heavy atom. The first kappa shape index (κ1) is 17.5. The van der Waals surface area contributed by atoms with Gasteiger partial charge in [0.15, 0.2) is 0 Å². The third-order valence-corrected chi connectivity index (χ3v) is 7.75. The van der Waals surface area contributed by atoms with Gasteiger partial charge in [0.2, 0.25) is 0 Å². The molecule has 3 aliphatic rings. The van der Waals surface area contributed by atoms with Crippen LogP contribution < -0.4 is 0 Å². The van der Waals surface area contributed by atoms with E-state index in [0.29, 0.717) is 5.92 Å². The van der Waals surface area contributed by atoms with Gasteiger partial charge in [0, 0.05) is 4.47 Å². The first-order valence-corrected chi connectivity index (χ1v) is 11.3. The molecule has 0 aliphatic heterocycles. The highest BCUT2D eigenvalue weighted by Gasteiger charge is 2.54. The van der Waals surface area contributed by atoms with Crippen molar-refractivity contribution in [1.82, 2.24) is 0 Å². The van der Waals surface area contributed by atoms with Crippen LogP contribution in [0, 0.1) is 19.8 Å². The Bertz CT molecular complexity index is 1220. The molecule has 1 atom stereocenters. The summed E-state index contributed by atoms with van der Waals surface area (Å²) >= 11 is 3.98. The summed E-state index contributed by atoms with van der Waals surface area (Å²) in [4.78, 5) is 0. The predicted molar refractivity (Wildman–Crippen MR) is 125 cm³/mol. The maximum absolute atomic E-state index is 3.98. The number of benzene rings is 3. The van der Waals surface area contributed by atoms with Gasteiger partial charge in [0.1, 0.15) is 0 Å². The van der Waals surface area contributed by atoms with Crippen LogP contribution in [-0.2, 0) is 5.41 Å². The lowest BCUT2D eigenvalue weighted by atomic mass is 9.68. The molecule has 0 fully saturated rings. The van der Waals surface area contributed by atoms with Crippen LogP contribution in [0.15, 0.2) is 76.8 Å². The van der Waals surface area contributed by atoms with Gasteiger partial charge in [0.05, 0.1) is 5.41 Å². The van der Waals surface area contributed by atoms with Crippen molar-refractivity contribution in [2.45, 2.75) is 32.6 Å². The number of rotatable bonds is 0. The summed E-state index contributed by atoms with van der Waals surface area (Å²) in [5.41, 5.74) is 13.9. The molecule has 3 aromatic rings. The van der Waals surface area contributed by atoms with E-state index in [4.69, 9.17) is 0 Å². The zero-order chi connectivity index (χ0) is 19.9. The SMILES string of the molecule is Cc1ccc2c(c1)C1(C3=C(c4cccc(Br)c41)C(C)CC=C3)c1cc(C)ccc1-2. The predicted octanol–water partition coefficient (Wildman–Crippen LogP) is 7.74. The Hall–Kier alpha value is -2.38. The highest BCUT2D eigenvalue weighted by molar-refractivity contribution is 9.10. The number of fused-ring (bicyclic) bond motifs is 9. The van der Waals surface area contributed by atoms with Crippen LogP contribution in [0.25, 0.3) is 16.7 Å². The molecule has 0 amide bonds. The van der Waals surface area contributed by atoms with Gasteiger partial charge in [-0.3, -0.25) is 0 Å². The molecule has 6 rings (SSSR count). The highest BCUT2D eigenvalue weighted by Crippen LogP contribution is 2.65. The van der Waals surface area contributed by atoms with Crippen molar-refractivity contribution in [3.8, 4) is 11.1 Å². The van der Waals surface area contributed by atoms with Crippen molar-refractivity contribution in [1.29, 1.82) is 0 Å². The maximum Gasteiger partial charge on any atom is 0.0733 e. The van der Waals surface area contributed by atoms with Crippen molar-refractivity contribution < 1.29 is 0 Å². The van der Waals surface area contributed by atoms with Gasteiger partial charge in [0.25, 0.3) is 0 Å². The summed E-state index contributed by atoms with van der Waals surface area (Å²) in [6.07, 6.45) is 5.92. The summed E-state index contributed by atoms with van der Waals surface area (Å²) in [6.45, 7) is 6.81. The van der Waals surface area contributed by atoms with Crippen molar-refractivity contribution in [3.05, 3.63) is 110 Å². The average Bonchev–Trinajstić information content (AvgIpc) is 3.15. The third-order valence-electron chi connectivity index (χ3n) is 7.09. The van der Waals surface area contributed by atoms with Gasteiger partial charge in [-0.1, -0.05) is 94.7 Å². The van der Waals surface area contributed by atoms with Crippen LogP contribution in [0.3, 0.4) is 0 Å². The van der Waals surface area contributed by atoms with Crippen molar-refractivity contribution in [3.63, 3.8) is 0 Å². The van der Waals surface area contributed by atoms with E-state index in [1.807, 2.05) is 0 Å². The van der Waals surface area contributed by atoms with Crippen molar-refractivity contribution in [2.75, 3.05) is 0 Å². The largest absolute Gasteiger partial charge is 0.0836 e. The van der Waals surface area contributed by atoms with Gasteiger partial charge in [-0.05, 0) is 76.8 Å². The summed E-state index contributed by atoms with van der Waals surface area (Å²) < 4.78 is 1.21. The summed E-state index contributed by atoms with van der Waals surface area (Å²) in [6, 6.07) is 20.8. The number of allylic oxidation sites excluding steroid dienone is 4. The highest BCUT2D eigenvalue weighted by atomic mass is 79.9. The van der Waals surface area contributed by atoms with E-state index in [1.165, 1.54) is 60.1 Å². The van der Waals surface area contributed by atoms with Crippen LogP contribution in [0.4, 0.5) is 0 Å². The molecular formula is C28H23Br. The van der Waals surface area contributed by atoms with Gasteiger partial charge in [-0.2, -0.15) is 0 Å². The zero-order valence-corrected chi connectivity index (χ0v) is 18.6. The molecule has 0 aromatic heterocycles. The van der Waals surface area contributed by atoms with E-state index in [-0.39, 0.29) is 5.41 Å². The van der Waals surface area contributed by atoms with Crippen LogP contribution in [-0.4, -0.2) is 0 Å². The number of hydrogen-bond donors (Lipinski definition) is 0. The quantitative estimate of drug-likeness (QED) is 0.336. The normalized spacial score (nSPS) is 19.9. The molecule has 1 spiro atoms. The smallest absolute Gasteiger partial charge is 0.0733 e. The van der Waals surface area contributed by atoms with E-state index < -0.39 is 0 Å². The van der Waals surface area contributed by atoms with Gasteiger partial charge in [-0.25, -0.2) is 0 Å². The fourth-order valence-corrected chi connectivity index (χ4v) is 6.64. The van der Waals surface area contributed by atoms with Gasteiger partial charge in [-0.15, -0.1) is 0 Å². The Kier molecular flexibility index (Phi) is 3.51. The first-order chi connectivity index (χ1) is 14.0. The molecule has 0 heterocycles. The molecule has 0 saturated heterocycles. The molecule has 0 bridgehead atoms. The molecule has 0 saturated carbocycles. The summed E-state index contributed by atoms with van der Waals surface area (Å²) in [5.74, 6) is 0.532. The minimum absolute atomic E-state index is 0.224. The second-order valence-electron chi connectivity index (χ2n) is 8.88. The molecule has 0 radical (unpaired) electrons. The minimum Gasteiger partial charge on any atom is -0.0836 e. The molecule has 0 nitrogen and oxygen atoms in total. The van der Waals surface area contributed by atoms with Crippen molar-refractivity contribution in [2.24, 2.45) is 5.92 Å². The topological polar surface area (TPSA) is 0 Å². The molecule has 142 valence electrons. The monoisotopic (exact) mass is 438 g/mol. The van der Waals surface area contributed by atoms with Crippen LogP contribution in [0.5, 0.6) is 0 Å². The second kappa shape index (κ2) is 5.83. The van der Waals surface area contributed by atoms with Crippen LogP contribution >= 0.6 is 15.9 Å². The molecule has 1 heteroatoms. The van der Waals surface area contributed by atoms with E-state index in [0.717, 1.165) is 6.42 Å². The van der Waals surface area contributed by atoms with Gasteiger partial charge < -0.3 is 0 Å². The Morgan fingerprint density at radius 2 is 1.52 bits per heavy atom. The minimum atomic E-state index is -0.224. The lowest BCUT2D eigenvalue weighted by molar-refractivity contribution is 0.729. The lowest BCUT2D eigenvalue weighted by Gasteiger charge is -2.33. The fraction of sp³-hybridized carbons (Fsp3) is 0.214. The van der Waals surface area contributed by atoms with E-state index in [9.17, 15) is 0 Å². The van der Waals surface area contributed by atoms with E-state index in [2.05, 4.69) is 103 Å². The zero-order valence-electron chi connectivity index (χ0n) is 17.0. The molecular weight excluding hydrogens is 416 g/mol. The maximum atomic E-state index is 3.98. The van der Waals surface area contributed by atoms with E-state index in [1.54, 1.807) is 0 Å². The van der Waals surface area contributed by atoms with E-state index >= 15 is 0 Å². The van der Waals surface area contributed by atoms with Gasteiger partial charge >= 0.3 is 0 Å². The Balaban J connectivity index is 1.87. The Labute approximate surface area is 181 Å². The third kappa shape index (κ3) is 2.04. The molecule has 1 unspecified atom stereocenters. The molecule has 3 aliphatic carbocycles. The van der Waals surface area contributed by atoms with Crippen LogP contribution in [0.2, 0.25) is 0 Å². The fourth-order valence-electron chi connectivity index (χ4n) is 5.98.